The molecule has 0 spiro atoms. The van der Waals surface area contributed by atoms with Gasteiger partial charge < -0.3 is 9.88 Å². The fourth-order valence-electron chi connectivity index (χ4n) is 3.65. The maximum atomic E-state index is 12.7. The number of fused-ring (bicyclic) bond motifs is 1. The van der Waals surface area contributed by atoms with Crippen molar-refractivity contribution >= 4 is 22.6 Å². The molecule has 116 valence electrons. The van der Waals surface area contributed by atoms with Crippen LogP contribution in [-0.4, -0.2) is 34.7 Å². The number of aromatic amines is 1. The Kier molecular flexibility index (Phi) is 3.77. The molecule has 3 rings (SSSR count). The number of nitrogens with zero attached hydrogens (tertiary/aromatic N) is 1. The highest BCUT2D eigenvalue weighted by atomic mass is 16.2. The van der Waals surface area contributed by atoms with Crippen LogP contribution in [0.2, 0.25) is 0 Å². The van der Waals surface area contributed by atoms with Crippen molar-refractivity contribution in [3.8, 4) is 0 Å². The van der Waals surface area contributed by atoms with Gasteiger partial charge in [0.15, 0.2) is 0 Å². The minimum atomic E-state index is -0.392. The Balaban J connectivity index is 1.92. The monoisotopic (exact) mass is 298 g/mol. The molecule has 0 bridgehead atoms. The van der Waals surface area contributed by atoms with Gasteiger partial charge in [0.05, 0.1) is 5.56 Å². The first-order valence-electron chi connectivity index (χ1n) is 7.88. The quantitative estimate of drug-likeness (QED) is 0.684. The molecule has 0 aliphatic carbocycles. The number of Topliss-reactive ketones (excluding diaryl/α,β-unsaturated/α-hetero) is 1. The average Bonchev–Trinajstić information content (AvgIpc) is 2.80. The molecule has 1 fully saturated rings. The number of carbonyl (C=O) groups is 2. The normalized spacial score (nSPS) is 22.0. The maximum absolute atomic E-state index is 12.7. The van der Waals surface area contributed by atoms with E-state index in [0.29, 0.717) is 30.5 Å². The Morgan fingerprint density at radius 2 is 1.77 bits per heavy atom. The van der Waals surface area contributed by atoms with Crippen molar-refractivity contribution in [2.24, 2.45) is 11.8 Å². The Hall–Kier alpha value is -2.10. The van der Waals surface area contributed by atoms with Gasteiger partial charge in [0.25, 0.3) is 11.7 Å². The molecule has 1 saturated heterocycles. The fourth-order valence-corrected chi connectivity index (χ4v) is 3.65. The largest absolute Gasteiger partial charge is 0.358 e. The highest BCUT2D eigenvalue weighted by Gasteiger charge is 2.31. The van der Waals surface area contributed by atoms with E-state index in [0.717, 1.165) is 23.0 Å². The molecule has 1 N–H and O–H groups in total. The van der Waals surface area contributed by atoms with Crippen molar-refractivity contribution in [3.63, 3.8) is 0 Å². The lowest BCUT2D eigenvalue weighted by Gasteiger charge is -2.34. The van der Waals surface area contributed by atoms with Crippen LogP contribution in [0.5, 0.6) is 0 Å². The lowest BCUT2D eigenvalue weighted by molar-refractivity contribution is -0.129. The number of ketones is 1. The number of amides is 1. The van der Waals surface area contributed by atoms with E-state index in [2.05, 4.69) is 18.8 Å². The molecule has 1 aromatic heterocycles. The summed E-state index contributed by atoms with van der Waals surface area (Å²) in [6.45, 7) is 7.48. The number of likely N-dealkylation sites (tertiary alicyclic amines) is 1. The molecule has 22 heavy (non-hydrogen) atoms. The average molecular weight is 298 g/mol. The van der Waals surface area contributed by atoms with E-state index in [1.807, 2.05) is 31.2 Å². The topological polar surface area (TPSA) is 53.2 Å². The van der Waals surface area contributed by atoms with Crippen molar-refractivity contribution < 1.29 is 9.59 Å². The van der Waals surface area contributed by atoms with E-state index in [1.165, 1.54) is 0 Å². The van der Waals surface area contributed by atoms with Crippen LogP contribution < -0.4 is 0 Å². The summed E-state index contributed by atoms with van der Waals surface area (Å²) in [6.07, 6.45) is 1.12. The summed E-state index contributed by atoms with van der Waals surface area (Å²) in [5, 5.41) is 0.830. The van der Waals surface area contributed by atoms with Gasteiger partial charge in [-0.3, -0.25) is 9.59 Å². The minimum absolute atomic E-state index is 0.369. The summed E-state index contributed by atoms with van der Waals surface area (Å²) in [7, 11) is 0. The van der Waals surface area contributed by atoms with Crippen LogP contribution in [0.15, 0.2) is 24.3 Å². The van der Waals surface area contributed by atoms with Gasteiger partial charge in [-0.25, -0.2) is 0 Å². The van der Waals surface area contributed by atoms with Crippen LogP contribution in [0.3, 0.4) is 0 Å². The van der Waals surface area contributed by atoms with Gasteiger partial charge in [-0.2, -0.15) is 0 Å². The summed E-state index contributed by atoms with van der Waals surface area (Å²) >= 11 is 0. The third-order valence-electron chi connectivity index (χ3n) is 4.47. The molecule has 1 aliphatic heterocycles. The second-order valence-electron chi connectivity index (χ2n) is 6.66. The Morgan fingerprint density at radius 1 is 1.14 bits per heavy atom. The predicted octanol–water partition coefficient (Wildman–Crippen LogP) is 3.16. The van der Waals surface area contributed by atoms with Crippen LogP contribution >= 0.6 is 0 Å². The first-order valence-corrected chi connectivity index (χ1v) is 7.88. The summed E-state index contributed by atoms with van der Waals surface area (Å²) in [5.41, 5.74) is 2.18. The van der Waals surface area contributed by atoms with E-state index < -0.39 is 5.78 Å². The number of nitrogens with one attached hydrogen (secondary N) is 1. The fraction of sp³-hybridized carbons (Fsp3) is 0.444. The number of aryl methyl sites for hydroxylation is 1. The summed E-state index contributed by atoms with van der Waals surface area (Å²) in [6, 6.07) is 7.62. The van der Waals surface area contributed by atoms with Crippen molar-refractivity contribution in [1.29, 1.82) is 0 Å². The molecule has 1 aromatic carbocycles. The summed E-state index contributed by atoms with van der Waals surface area (Å²) in [5.74, 6) is 0.136. The molecule has 0 radical (unpaired) electrons. The number of carbonyl (C=O) groups excluding carboxylic acids is 2. The van der Waals surface area contributed by atoms with Crippen LogP contribution in [0.25, 0.3) is 10.9 Å². The zero-order chi connectivity index (χ0) is 15.9. The number of hydrogen-bond acceptors (Lipinski definition) is 2. The first kappa shape index (κ1) is 14.8. The van der Waals surface area contributed by atoms with Gasteiger partial charge in [-0.05, 0) is 31.2 Å². The second-order valence-corrected chi connectivity index (χ2v) is 6.66. The number of hydrogen-bond donors (Lipinski definition) is 1. The van der Waals surface area contributed by atoms with Crippen LogP contribution in [0, 0.1) is 18.8 Å². The van der Waals surface area contributed by atoms with Crippen molar-refractivity contribution in [3.05, 3.63) is 35.5 Å². The number of piperidine rings is 1. The molecule has 4 nitrogen and oxygen atoms in total. The Bertz CT molecular complexity index is 722. The molecule has 0 saturated carbocycles. The number of H-pyrrole nitrogens is 1. The van der Waals surface area contributed by atoms with Crippen molar-refractivity contribution in [1.82, 2.24) is 9.88 Å². The van der Waals surface area contributed by atoms with Gasteiger partial charge in [0.2, 0.25) is 0 Å². The highest BCUT2D eigenvalue weighted by Crippen LogP contribution is 2.25. The summed E-state index contributed by atoms with van der Waals surface area (Å²) < 4.78 is 0. The molecule has 4 heteroatoms. The van der Waals surface area contributed by atoms with Crippen molar-refractivity contribution in [2.75, 3.05) is 13.1 Å². The maximum Gasteiger partial charge on any atom is 0.295 e. The number of aromatic nitrogens is 1. The Labute approximate surface area is 130 Å². The number of para-hydroxylation sites is 1. The molecule has 2 aromatic rings. The van der Waals surface area contributed by atoms with E-state index >= 15 is 0 Å². The molecule has 1 aliphatic rings. The number of rotatable bonds is 2. The summed E-state index contributed by atoms with van der Waals surface area (Å²) in [4.78, 5) is 30.3. The molecular weight excluding hydrogens is 276 g/mol. The predicted molar refractivity (Wildman–Crippen MR) is 86.9 cm³/mol. The van der Waals surface area contributed by atoms with Gasteiger partial charge in [-0.1, -0.05) is 32.0 Å². The molecule has 0 unspecified atom stereocenters. The molecule has 2 atom stereocenters. The van der Waals surface area contributed by atoms with E-state index in [4.69, 9.17) is 0 Å². The molecular formula is C18H22N2O2. The lowest BCUT2D eigenvalue weighted by Crippen LogP contribution is -2.45. The van der Waals surface area contributed by atoms with Gasteiger partial charge in [0, 0.05) is 29.7 Å². The number of benzene rings is 1. The third kappa shape index (κ3) is 2.54. The van der Waals surface area contributed by atoms with Crippen LogP contribution in [0.1, 0.15) is 36.3 Å². The zero-order valence-electron chi connectivity index (χ0n) is 13.3. The smallest absolute Gasteiger partial charge is 0.295 e. The zero-order valence-corrected chi connectivity index (χ0v) is 13.3. The lowest BCUT2D eigenvalue weighted by atomic mass is 9.91. The van der Waals surface area contributed by atoms with Crippen LogP contribution in [-0.2, 0) is 4.79 Å². The van der Waals surface area contributed by atoms with Gasteiger partial charge >= 0.3 is 0 Å². The second kappa shape index (κ2) is 5.59. The van der Waals surface area contributed by atoms with E-state index in [9.17, 15) is 9.59 Å². The molecule has 1 amide bonds. The third-order valence-corrected chi connectivity index (χ3v) is 4.47. The first-order chi connectivity index (χ1) is 10.5. The standard InChI is InChI=1S/C18H22N2O2/c1-11-8-12(2)10-20(9-11)18(22)17(21)16-13(3)19-15-7-5-4-6-14(15)16/h4-7,11-12,19H,8-10H2,1-3H3/t11-,12-/m0/s1. The SMILES string of the molecule is Cc1[nH]c2ccccc2c1C(=O)C(=O)N1C[C@@H](C)C[C@H](C)C1. The molecule has 2 heterocycles. The Morgan fingerprint density at radius 3 is 2.45 bits per heavy atom. The van der Waals surface area contributed by atoms with Gasteiger partial charge in [-0.15, -0.1) is 0 Å². The highest BCUT2D eigenvalue weighted by molar-refractivity contribution is 6.45. The van der Waals surface area contributed by atoms with Crippen LogP contribution in [0.4, 0.5) is 0 Å². The van der Waals surface area contributed by atoms with Gasteiger partial charge in [0.1, 0.15) is 0 Å². The van der Waals surface area contributed by atoms with E-state index in [1.54, 1.807) is 4.90 Å². The van der Waals surface area contributed by atoms with Crippen molar-refractivity contribution in [2.45, 2.75) is 27.2 Å². The minimum Gasteiger partial charge on any atom is -0.358 e. The van der Waals surface area contributed by atoms with E-state index in [-0.39, 0.29) is 5.91 Å².